The highest BCUT2D eigenvalue weighted by molar-refractivity contribution is 7.92. The molecule has 138 valence electrons. The predicted octanol–water partition coefficient (Wildman–Crippen LogP) is 3.63. The van der Waals surface area contributed by atoms with Gasteiger partial charge in [0.25, 0.3) is 0 Å². The SMILES string of the molecule is O=C(N1CC[C@@H](S(=O)(=O)c2ccccc2)C1)C1(c2cccs2)CCCC1. The van der Waals surface area contributed by atoms with Crippen molar-refractivity contribution in [2.24, 2.45) is 0 Å². The smallest absolute Gasteiger partial charge is 0.234 e. The first kappa shape index (κ1) is 17.7. The van der Waals surface area contributed by atoms with E-state index in [2.05, 4.69) is 6.07 Å². The van der Waals surface area contributed by atoms with E-state index in [0.29, 0.717) is 24.4 Å². The maximum absolute atomic E-state index is 13.4. The molecule has 2 aliphatic rings. The molecule has 1 atom stereocenters. The van der Waals surface area contributed by atoms with Gasteiger partial charge in [-0.3, -0.25) is 4.79 Å². The van der Waals surface area contributed by atoms with Crippen LogP contribution in [0.3, 0.4) is 0 Å². The van der Waals surface area contributed by atoms with E-state index in [1.54, 1.807) is 40.5 Å². The first-order valence-electron chi connectivity index (χ1n) is 9.16. The minimum Gasteiger partial charge on any atom is -0.341 e. The Kier molecular flexibility index (Phi) is 4.65. The van der Waals surface area contributed by atoms with Crippen molar-refractivity contribution >= 4 is 27.1 Å². The lowest BCUT2D eigenvalue weighted by molar-refractivity contribution is -0.136. The van der Waals surface area contributed by atoms with Crippen molar-refractivity contribution < 1.29 is 13.2 Å². The monoisotopic (exact) mass is 389 g/mol. The van der Waals surface area contributed by atoms with Crippen LogP contribution in [0.4, 0.5) is 0 Å². The van der Waals surface area contributed by atoms with Crippen LogP contribution in [-0.2, 0) is 20.0 Å². The molecule has 1 saturated carbocycles. The fraction of sp³-hybridized carbons (Fsp3) is 0.450. The molecule has 1 saturated heterocycles. The molecule has 6 heteroatoms. The number of likely N-dealkylation sites (tertiary alicyclic amines) is 1. The number of thiophene rings is 1. The summed E-state index contributed by atoms with van der Waals surface area (Å²) >= 11 is 1.64. The number of carbonyl (C=O) groups is 1. The van der Waals surface area contributed by atoms with Crippen LogP contribution in [0, 0.1) is 0 Å². The van der Waals surface area contributed by atoms with Gasteiger partial charge in [0, 0.05) is 18.0 Å². The highest BCUT2D eigenvalue weighted by atomic mass is 32.2. The molecule has 1 amide bonds. The Hall–Kier alpha value is -1.66. The number of rotatable bonds is 4. The van der Waals surface area contributed by atoms with Gasteiger partial charge in [0.1, 0.15) is 0 Å². The highest BCUT2D eigenvalue weighted by Crippen LogP contribution is 2.45. The number of amides is 1. The van der Waals surface area contributed by atoms with Crippen LogP contribution < -0.4 is 0 Å². The number of benzene rings is 1. The minimum atomic E-state index is -3.39. The molecule has 1 aliphatic heterocycles. The molecule has 0 spiro atoms. The van der Waals surface area contributed by atoms with E-state index in [0.717, 1.165) is 30.6 Å². The molecule has 0 N–H and O–H groups in total. The van der Waals surface area contributed by atoms with Crippen LogP contribution in [0.25, 0.3) is 0 Å². The van der Waals surface area contributed by atoms with Crippen molar-refractivity contribution in [3.63, 3.8) is 0 Å². The molecule has 2 fully saturated rings. The van der Waals surface area contributed by atoms with Crippen molar-refractivity contribution in [1.82, 2.24) is 4.90 Å². The Morgan fingerprint density at radius 3 is 2.46 bits per heavy atom. The van der Waals surface area contributed by atoms with E-state index < -0.39 is 20.5 Å². The molecule has 26 heavy (non-hydrogen) atoms. The molecule has 1 aromatic carbocycles. The maximum Gasteiger partial charge on any atom is 0.234 e. The first-order chi connectivity index (χ1) is 12.5. The molecular formula is C20H23NO3S2. The highest BCUT2D eigenvalue weighted by Gasteiger charge is 2.48. The molecule has 0 unspecified atom stereocenters. The third-order valence-corrected chi connectivity index (χ3v) is 9.07. The summed E-state index contributed by atoms with van der Waals surface area (Å²) in [5, 5.41) is 1.52. The molecule has 1 aromatic heterocycles. The zero-order chi connectivity index (χ0) is 18.2. The summed E-state index contributed by atoms with van der Waals surface area (Å²) in [5.41, 5.74) is -0.431. The van der Waals surface area contributed by atoms with Gasteiger partial charge < -0.3 is 4.90 Å². The zero-order valence-electron chi connectivity index (χ0n) is 14.6. The largest absolute Gasteiger partial charge is 0.341 e. The first-order valence-corrected chi connectivity index (χ1v) is 11.6. The summed E-state index contributed by atoms with van der Waals surface area (Å²) in [6, 6.07) is 12.6. The van der Waals surface area contributed by atoms with Gasteiger partial charge in [-0.1, -0.05) is 37.1 Å². The summed E-state index contributed by atoms with van der Waals surface area (Å²) in [6.45, 7) is 0.839. The summed E-state index contributed by atoms with van der Waals surface area (Å²) in [6.07, 6.45) is 4.38. The molecule has 4 rings (SSSR count). The second-order valence-corrected chi connectivity index (χ2v) is 10.5. The van der Waals surface area contributed by atoms with Crippen molar-refractivity contribution in [1.29, 1.82) is 0 Å². The molecule has 2 aromatic rings. The van der Waals surface area contributed by atoms with E-state index in [1.807, 2.05) is 17.5 Å². The summed E-state index contributed by atoms with van der Waals surface area (Å²) in [4.78, 5) is 16.7. The second kappa shape index (κ2) is 6.82. The lowest BCUT2D eigenvalue weighted by atomic mass is 9.83. The minimum absolute atomic E-state index is 0.128. The average Bonchev–Trinajstić information content (AvgIpc) is 3.43. The number of sulfone groups is 1. The summed E-state index contributed by atoms with van der Waals surface area (Å²) in [7, 11) is -3.39. The molecule has 0 bridgehead atoms. The third-order valence-electron chi connectivity index (χ3n) is 5.80. The number of carbonyl (C=O) groups excluding carboxylic acids is 1. The molecule has 4 nitrogen and oxygen atoms in total. The summed E-state index contributed by atoms with van der Waals surface area (Å²) in [5.74, 6) is 0.128. The van der Waals surface area contributed by atoms with Gasteiger partial charge in [-0.25, -0.2) is 8.42 Å². The van der Waals surface area contributed by atoms with Gasteiger partial charge in [-0.2, -0.15) is 0 Å². The van der Waals surface area contributed by atoms with Crippen LogP contribution in [0.1, 0.15) is 37.0 Å². The van der Waals surface area contributed by atoms with Gasteiger partial charge in [0.15, 0.2) is 9.84 Å². The Labute approximate surface area is 158 Å². The van der Waals surface area contributed by atoms with Crippen molar-refractivity contribution in [3.8, 4) is 0 Å². The summed E-state index contributed by atoms with van der Waals surface area (Å²) < 4.78 is 25.8. The number of hydrogen-bond donors (Lipinski definition) is 0. The Morgan fingerprint density at radius 1 is 1.08 bits per heavy atom. The lowest BCUT2D eigenvalue weighted by Gasteiger charge is -2.31. The fourth-order valence-corrected chi connectivity index (χ4v) is 7.06. The topological polar surface area (TPSA) is 54.5 Å². The Balaban J connectivity index is 1.56. The molecule has 1 aliphatic carbocycles. The quantitative estimate of drug-likeness (QED) is 0.802. The van der Waals surface area contributed by atoms with Crippen LogP contribution in [0.15, 0.2) is 52.7 Å². The van der Waals surface area contributed by atoms with Crippen LogP contribution in [0.2, 0.25) is 0 Å². The van der Waals surface area contributed by atoms with Gasteiger partial charge >= 0.3 is 0 Å². The third kappa shape index (κ3) is 2.89. The Bertz CT molecular complexity index is 869. The zero-order valence-corrected chi connectivity index (χ0v) is 16.3. The van der Waals surface area contributed by atoms with Gasteiger partial charge in [0.2, 0.25) is 5.91 Å². The average molecular weight is 390 g/mol. The molecule has 2 heterocycles. The standard InChI is InChI=1S/C20H23NO3S2/c22-19(20(11-4-5-12-20)18-9-6-14-25-18)21-13-10-17(15-21)26(23,24)16-7-2-1-3-8-16/h1-3,6-9,14,17H,4-5,10-13,15H2/t17-/m1/s1. The van der Waals surface area contributed by atoms with Crippen molar-refractivity contribution in [3.05, 3.63) is 52.7 Å². The van der Waals surface area contributed by atoms with Gasteiger partial charge in [-0.05, 0) is 42.8 Å². The van der Waals surface area contributed by atoms with Crippen molar-refractivity contribution in [2.75, 3.05) is 13.1 Å². The predicted molar refractivity (Wildman–Crippen MR) is 103 cm³/mol. The number of nitrogens with zero attached hydrogens (tertiary/aromatic N) is 1. The van der Waals surface area contributed by atoms with Crippen LogP contribution in [0.5, 0.6) is 0 Å². The van der Waals surface area contributed by atoms with Crippen molar-refractivity contribution in [2.45, 2.75) is 47.7 Å². The van der Waals surface area contributed by atoms with E-state index in [-0.39, 0.29) is 5.91 Å². The maximum atomic E-state index is 13.4. The number of hydrogen-bond acceptors (Lipinski definition) is 4. The fourth-order valence-electron chi connectivity index (χ4n) is 4.37. The van der Waals surface area contributed by atoms with Gasteiger partial charge in [0.05, 0.1) is 15.6 Å². The van der Waals surface area contributed by atoms with Crippen LogP contribution in [-0.4, -0.2) is 37.6 Å². The lowest BCUT2D eigenvalue weighted by Crippen LogP contribution is -2.44. The van der Waals surface area contributed by atoms with Gasteiger partial charge in [-0.15, -0.1) is 11.3 Å². The van der Waals surface area contributed by atoms with E-state index in [4.69, 9.17) is 0 Å². The van der Waals surface area contributed by atoms with E-state index >= 15 is 0 Å². The van der Waals surface area contributed by atoms with Crippen LogP contribution >= 0.6 is 11.3 Å². The van der Waals surface area contributed by atoms with E-state index in [1.165, 1.54) is 0 Å². The Morgan fingerprint density at radius 2 is 1.81 bits per heavy atom. The second-order valence-electron chi connectivity index (χ2n) is 7.29. The normalized spacial score (nSPS) is 22.6. The molecular weight excluding hydrogens is 366 g/mol. The van der Waals surface area contributed by atoms with E-state index in [9.17, 15) is 13.2 Å². The molecule has 0 radical (unpaired) electrons.